The first-order valence-corrected chi connectivity index (χ1v) is 8.96. The number of anilines is 2. The predicted molar refractivity (Wildman–Crippen MR) is 104 cm³/mol. The van der Waals surface area contributed by atoms with Crippen LogP contribution in [0.2, 0.25) is 5.02 Å². The zero-order valence-electron chi connectivity index (χ0n) is 15.4. The van der Waals surface area contributed by atoms with Crippen molar-refractivity contribution in [3.8, 4) is 11.6 Å². The summed E-state index contributed by atoms with van der Waals surface area (Å²) in [5.74, 6) is -0.432. The molecule has 156 valence electrons. The lowest BCUT2D eigenvalue weighted by molar-refractivity contribution is -0.385. The second-order valence-corrected chi connectivity index (χ2v) is 6.46. The van der Waals surface area contributed by atoms with E-state index in [9.17, 15) is 23.3 Å². The van der Waals surface area contributed by atoms with Gasteiger partial charge in [0.25, 0.3) is 0 Å². The molecule has 0 aliphatic heterocycles. The molecular formula is C19H14ClF3N4O3. The van der Waals surface area contributed by atoms with Crippen LogP contribution in [0, 0.1) is 10.1 Å². The van der Waals surface area contributed by atoms with Crippen molar-refractivity contribution in [2.75, 3.05) is 5.32 Å². The van der Waals surface area contributed by atoms with Gasteiger partial charge in [0.15, 0.2) is 0 Å². The third-order valence-electron chi connectivity index (χ3n) is 4.06. The Morgan fingerprint density at radius 3 is 2.47 bits per heavy atom. The molecule has 1 N–H and O–H groups in total. The van der Waals surface area contributed by atoms with Gasteiger partial charge >= 0.3 is 17.7 Å². The lowest BCUT2D eigenvalue weighted by Gasteiger charge is -2.13. The van der Waals surface area contributed by atoms with Gasteiger partial charge in [-0.1, -0.05) is 30.7 Å². The van der Waals surface area contributed by atoms with E-state index in [0.29, 0.717) is 5.75 Å². The van der Waals surface area contributed by atoms with Crippen LogP contribution in [0.4, 0.5) is 30.4 Å². The van der Waals surface area contributed by atoms with Crippen LogP contribution in [0.25, 0.3) is 0 Å². The summed E-state index contributed by atoms with van der Waals surface area (Å²) in [7, 11) is 0. The quantitative estimate of drug-likeness (QED) is 0.366. The number of nitrogens with zero attached hydrogens (tertiary/aromatic N) is 3. The second-order valence-electron chi connectivity index (χ2n) is 6.05. The van der Waals surface area contributed by atoms with Gasteiger partial charge in [-0.3, -0.25) is 10.1 Å². The molecule has 0 saturated heterocycles. The Balaban J connectivity index is 1.98. The molecule has 7 nitrogen and oxygen atoms in total. The highest BCUT2D eigenvalue weighted by Crippen LogP contribution is 2.39. The maximum atomic E-state index is 13.0. The molecule has 0 bridgehead atoms. The van der Waals surface area contributed by atoms with Crippen molar-refractivity contribution in [3.05, 3.63) is 75.1 Å². The smallest absolute Gasteiger partial charge is 0.416 e. The van der Waals surface area contributed by atoms with Crippen LogP contribution >= 0.6 is 11.6 Å². The minimum atomic E-state index is -4.61. The van der Waals surface area contributed by atoms with E-state index in [1.165, 1.54) is 0 Å². The summed E-state index contributed by atoms with van der Waals surface area (Å²) >= 11 is 5.95. The molecule has 0 fully saturated rings. The van der Waals surface area contributed by atoms with E-state index in [1.54, 1.807) is 24.3 Å². The molecular weight excluding hydrogens is 425 g/mol. The highest BCUT2D eigenvalue weighted by molar-refractivity contribution is 6.33. The molecule has 2 aromatic carbocycles. The molecule has 0 saturated carbocycles. The van der Waals surface area contributed by atoms with Gasteiger partial charge in [-0.25, -0.2) is 4.98 Å². The number of nitrogens with one attached hydrogen (secondary N) is 1. The Morgan fingerprint density at radius 2 is 1.87 bits per heavy atom. The van der Waals surface area contributed by atoms with Crippen molar-refractivity contribution in [1.29, 1.82) is 0 Å². The fourth-order valence-electron chi connectivity index (χ4n) is 2.52. The lowest BCUT2D eigenvalue weighted by Crippen LogP contribution is -2.07. The standard InChI is InChI=1S/C19H14ClF3N4O3/c1-2-11-3-6-13(7-4-11)30-18-16(27(28)29)17(24-10-25-18)26-15-9-12(19(21,22)23)5-8-14(15)20/h3-10H,2H2,1H3,(H,24,25,26). The van der Waals surface area contributed by atoms with Gasteiger partial charge < -0.3 is 10.1 Å². The van der Waals surface area contributed by atoms with E-state index >= 15 is 0 Å². The van der Waals surface area contributed by atoms with E-state index in [4.69, 9.17) is 16.3 Å². The number of alkyl halides is 3. The zero-order valence-corrected chi connectivity index (χ0v) is 16.2. The SMILES string of the molecule is CCc1ccc(Oc2ncnc(Nc3cc(C(F)(F)F)ccc3Cl)c2[N+](=O)[O-])cc1. The number of rotatable bonds is 6. The third-order valence-corrected chi connectivity index (χ3v) is 4.39. The Hall–Kier alpha value is -3.40. The minimum Gasteiger partial charge on any atom is -0.434 e. The zero-order chi connectivity index (χ0) is 21.9. The highest BCUT2D eigenvalue weighted by atomic mass is 35.5. The Labute approximate surface area is 173 Å². The van der Waals surface area contributed by atoms with Crippen LogP contribution in [0.3, 0.4) is 0 Å². The minimum absolute atomic E-state index is 0.0754. The average Bonchev–Trinajstić information content (AvgIpc) is 2.69. The maximum Gasteiger partial charge on any atom is 0.416 e. The van der Waals surface area contributed by atoms with Crippen molar-refractivity contribution in [2.24, 2.45) is 0 Å². The number of ether oxygens (including phenoxy) is 1. The molecule has 0 unspecified atom stereocenters. The predicted octanol–water partition coefficient (Wildman–Crippen LogP) is 6.16. The molecule has 3 rings (SSSR count). The fourth-order valence-corrected chi connectivity index (χ4v) is 2.69. The highest BCUT2D eigenvalue weighted by Gasteiger charge is 2.32. The van der Waals surface area contributed by atoms with Crippen LogP contribution in [0.15, 0.2) is 48.8 Å². The Morgan fingerprint density at radius 1 is 1.17 bits per heavy atom. The molecule has 1 heterocycles. The van der Waals surface area contributed by atoms with E-state index in [2.05, 4.69) is 15.3 Å². The summed E-state index contributed by atoms with van der Waals surface area (Å²) in [5.41, 5.74) is -0.781. The van der Waals surface area contributed by atoms with Gasteiger partial charge in [-0.15, -0.1) is 0 Å². The maximum absolute atomic E-state index is 13.0. The summed E-state index contributed by atoms with van der Waals surface area (Å²) in [4.78, 5) is 18.4. The van der Waals surface area contributed by atoms with Gasteiger partial charge in [0.1, 0.15) is 12.1 Å². The summed E-state index contributed by atoms with van der Waals surface area (Å²) in [6.45, 7) is 1.97. The normalized spacial score (nSPS) is 11.2. The number of halogens is 4. The van der Waals surface area contributed by atoms with E-state index in [0.717, 1.165) is 36.5 Å². The van der Waals surface area contributed by atoms with Crippen molar-refractivity contribution >= 4 is 28.8 Å². The van der Waals surface area contributed by atoms with Crippen LogP contribution in [0.1, 0.15) is 18.1 Å². The lowest BCUT2D eigenvalue weighted by atomic mass is 10.2. The van der Waals surface area contributed by atoms with Gasteiger partial charge in [0, 0.05) is 0 Å². The molecule has 0 aliphatic rings. The van der Waals surface area contributed by atoms with Gasteiger partial charge in [-0.05, 0) is 42.3 Å². The van der Waals surface area contributed by atoms with Crippen LogP contribution in [-0.4, -0.2) is 14.9 Å². The Kier molecular flexibility index (Phi) is 6.06. The molecule has 0 atom stereocenters. The Bertz CT molecular complexity index is 1080. The van der Waals surface area contributed by atoms with Crippen molar-refractivity contribution in [3.63, 3.8) is 0 Å². The molecule has 3 aromatic rings. The summed E-state index contributed by atoms with van der Waals surface area (Å²) in [6.07, 6.45) is -2.82. The first-order chi connectivity index (χ1) is 14.2. The molecule has 0 amide bonds. The first-order valence-electron chi connectivity index (χ1n) is 8.59. The summed E-state index contributed by atoms with van der Waals surface area (Å²) < 4.78 is 44.5. The van der Waals surface area contributed by atoms with Gasteiger partial charge in [0.05, 0.1) is 21.2 Å². The van der Waals surface area contributed by atoms with Gasteiger partial charge in [0.2, 0.25) is 5.82 Å². The van der Waals surface area contributed by atoms with Crippen molar-refractivity contribution < 1.29 is 22.8 Å². The number of benzene rings is 2. The van der Waals surface area contributed by atoms with E-state index < -0.39 is 22.4 Å². The van der Waals surface area contributed by atoms with E-state index in [1.807, 2.05) is 6.92 Å². The van der Waals surface area contributed by atoms with Crippen LogP contribution in [0.5, 0.6) is 11.6 Å². The van der Waals surface area contributed by atoms with E-state index in [-0.39, 0.29) is 22.4 Å². The number of hydrogen-bond donors (Lipinski definition) is 1. The molecule has 0 aliphatic carbocycles. The number of aromatic nitrogens is 2. The topological polar surface area (TPSA) is 90.2 Å². The number of nitro groups is 1. The average molecular weight is 439 g/mol. The van der Waals surface area contributed by atoms with Crippen LogP contribution < -0.4 is 10.1 Å². The monoisotopic (exact) mass is 438 g/mol. The van der Waals surface area contributed by atoms with Crippen molar-refractivity contribution in [1.82, 2.24) is 9.97 Å². The fraction of sp³-hybridized carbons (Fsp3) is 0.158. The summed E-state index contributed by atoms with van der Waals surface area (Å²) in [5, 5.41) is 14.0. The van der Waals surface area contributed by atoms with Gasteiger partial charge in [-0.2, -0.15) is 18.2 Å². The number of aryl methyl sites for hydroxylation is 1. The molecule has 30 heavy (non-hydrogen) atoms. The largest absolute Gasteiger partial charge is 0.434 e. The summed E-state index contributed by atoms with van der Waals surface area (Å²) in [6, 6.07) is 9.41. The molecule has 1 aromatic heterocycles. The third kappa shape index (κ3) is 4.77. The number of hydrogen-bond acceptors (Lipinski definition) is 6. The molecule has 0 radical (unpaired) electrons. The van der Waals surface area contributed by atoms with Crippen LogP contribution in [-0.2, 0) is 12.6 Å². The molecule has 11 heteroatoms. The second kappa shape index (κ2) is 8.54. The molecule has 0 spiro atoms. The first kappa shape index (κ1) is 21.3. The van der Waals surface area contributed by atoms with Crippen molar-refractivity contribution in [2.45, 2.75) is 19.5 Å².